The summed E-state index contributed by atoms with van der Waals surface area (Å²) in [6, 6.07) is 23.7. The Bertz CT molecular complexity index is 1050. The first-order valence-electron chi connectivity index (χ1n) is 9.53. The number of anilines is 2. The quantitative estimate of drug-likeness (QED) is 0.494. The van der Waals surface area contributed by atoms with Crippen LogP contribution in [-0.4, -0.2) is 16.9 Å². The van der Waals surface area contributed by atoms with E-state index in [4.69, 9.17) is 0 Å². The minimum Gasteiger partial charge on any atom is -0.378 e. The van der Waals surface area contributed by atoms with Crippen LogP contribution in [0, 0.1) is 10.1 Å². The number of nitro benzene ring substituents is 1. The van der Waals surface area contributed by atoms with Crippen molar-refractivity contribution in [3.63, 3.8) is 0 Å². The molecular weight excluding hydrogens is 366 g/mol. The standard InChI is InChI=1S/C23H21N3O3/c1-16-14-21(24-18-9-3-2-4-10-18)20-12-5-6-13-22(20)25(16)23(27)17-8-7-11-19(15-17)26(28)29/h2-13,15-16,21,24H,14H2,1H3/t16-,21-/m1/s1. The van der Waals surface area contributed by atoms with Crippen molar-refractivity contribution in [2.75, 3.05) is 10.2 Å². The average Bonchev–Trinajstić information content (AvgIpc) is 2.74. The molecule has 1 aliphatic rings. The van der Waals surface area contributed by atoms with E-state index in [-0.39, 0.29) is 23.7 Å². The third kappa shape index (κ3) is 3.69. The van der Waals surface area contributed by atoms with E-state index in [2.05, 4.69) is 5.32 Å². The molecule has 3 aromatic rings. The van der Waals surface area contributed by atoms with E-state index >= 15 is 0 Å². The summed E-state index contributed by atoms with van der Waals surface area (Å²) < 4.78 is 0. The van der Waals surface area contributed by atoms with Gasteiger partial charge in [0.15, 0.2) is 0 Å². The highest BCUT2D eigenvalue weighted by molar-refractivity contribution is 6.07. The topological polar surface area (TPSA) is 75.5 Å². The summed E-state index contributed by atoms with van der Waals surface area (Å²) in [5.74, 6) is -0.230. The predicted octanol–water partition coefficient (Wildman–Crippen LogP) is 5.19. The van der Waals surface area contributed by atoms with E-state index in [1.54, 1.807) is 17.0 Å². The molecule has 1 aliphatic heterocycles. The van der Waals surface area contributed by atoms with Crippen molar-refractivity contribution in [3.8, 4) is 0 Å². The van der Waals surface area contributed by atoms with Gasteiger partial charge in [-0.15, -0.1) is 0 Å². The number of nitrogens with zero attached hydrogens (tertiary/aromatic N) is 2. The van der Waals surface area contributed by atoms with Crippen LogP contribution in [0.3, 0.4) is 0 Å². The number of amides is 1. The highest BCUT2D eigenvalue weighted by Gasteiger charge is 2.34. The Morgan fingerprint density at radius 1 is 1.03 bits per heavy atom. The Kier molecular flexibility index (Phi) is 4.99. The Balaban J connectivity index is 1.69. The van der Waals surface area contributed by atoms with Crippen LogP contribution in [-0.2, 0) is 0 Å². The average molecular weight is 387 g/mol. The number of rotatable bonds is 4. The van der Waals surface area contributed by atoms with E-state index in [1.165, 1.54) is 12.1 Å². The van der Waals surface area contributed by atoms with Gasteiger partial charge in [-0.05, 0) is 43.2 Å². The Hall–Kier alpha value is -3.67. The fourth-order valence-electron chi connectivity index (χ4n) is 3.89. The van der Waals surface area contributed by atoms with Gasteiger partial charge in [0, 0.05) is 35.1 Å². The minimum absolute atomic E-state index is 0.0674. The first-order valence-corrected chi connectivity index (χ1v) is 9.53. The van der Waals surface area contributed by atoms with Crippen molar-refractivity contribution in [1.82, 2.24) is 0 Å². The summed E-state index contributed by atoms with van der Waals surface area (Å²) in [6.45, 7) is 2.00. The van der Waals surface area contributed by atoms with Crippen LogP contribution in [0.1, 0.15) is 35.3 Å². The molecule has 6 heteroatoms. The molecule has 3 aromatic carbocycles. The summed E-state index contributed by atoms with van der Waals surface area (Å²) in [5, 5.41) is 14.7. The van der Waals surface area contributed by atoms with Gasteiger partial charge in [0.25, 0.3) is 11.6 Å². The molecule has 1 heterocycles. The van der Waals surface area contributed by atoms with Gasteiger partial charge in [-0.25, -0.2) is 0 Å². The molecule has 0 aliphatic carbocycles. The molecule has 1 N–H and O–H groups in total. The second-order valence-electron chi connectivity index (χ2n) is 7.19. The highest BCUT2D eigenvalue weighted by atomic mass is 16.6. The lowest BCUT2D eigenvalue weighted by Crippen LogP contribution is -2.44. The number of nitrogens with one attached hydrogen (secondary N) is 1. The Morgan fingerprint density at radius 2 is 1.76 bits per heavy atom. The van der Waals surface area contributed by atoms with E-state index < -0.39 is 4.92 Å². The number of carbonyl (C=O) groups is 1. The maximum atomic E-state index is 13.3. The van der Waals surface area contributed by atoms with Gasteiger partial charge >= 0.3 is 0 Å². The first kappa shape index (κ1) is 18.7. The summed E-state index contributed by atoms with van der Waals surface area (Å²) in [5.41, 5.74) is 3.12. The van der Waals surface area contributed by atoms with Crippen LogP contribution in [0.4, 0.5) is 17.1 Å². The molecular formula is C23H21N3O3. The minimum atomic E-state index is -0.482. The van der Waals surface area contributed by atoms with Gasteiger partial charge in [0.2, 0.25) is 0 Å². The van der Waals surface area contributed by atoms with Crippen LogP contribution < -0.4 is 10.2 Å². The van der Waals surface area contributed by atoms with Gasteiger partial charge in [0.05, 0.1) is 11.0 Å². The third-order valence-corrected chi connectivity index (χ3v) is 5.23. The van der Waals surface area contributed by atoms with Crippen molar-refractivity contribution >= 4 is 23.0 Å². The molecule has 4 rings (SSSR count). The summed E-state index contributed by atoms with van der Waals surface area (Å²) in [7, 11) is 0. The smallest absolute Gasteiger partial charge is 0.270 e. The van der Waals surface area contributed by atoms with Crippen LogP contribution in [0.5, 0.6) is 0 Å². The summed E-state index contributed by atoms with van der Waals surface area (Å²) >= 11 is 0. The highest BCUT2D eigenvalue weighted by Crippen LogP contribution is 2.39. The maximum absolute atomic E-state index is 13.3. The number of carbonyl (C=O) groups excluding carboxylic acids is 1. The zero-order valence-corrected chi connectivity index (χ0v) is 16.0. The number of nitro groups is 1. The van der Waals surface area contributed by atoms with Crippen LogP contribution in [0.25, 0.3) is 0 Å². The number of benzene rings is 3. The van der Waals surface area contributed by atoms with Crippen molar-refractivity contribution in [2.24, 2.45) is 0 Å². The molecule has 0 saturated heterocycles. The molecule has 146 valence electrons. The van der Waals surface area contributed by atoms with Gasteiger partial charge in [-0.2, -0.15) is 0 Å². The normalized spacial score (nSPS) is 18.0. The van der Waals surface area contributed by atoms with Crippen LogP contribution in [0.15, 0.2) is 78.9 Å². The van der Waals surface area contributed by atoms with Crippen molar-refractivity contribution < 1.29 is 9.72 Å². The summed E-state index contributed by atoms with van der Waals surface area (Å²) in [6.07, 6.45) is 0.729. The largest absolute Gasteiger partial charge is 0.378 e. The van der Waals surface area contributed by atoms with Gasteiger partial charge in [-0.1, -0.05) is 42.5 Å². The van der Waals surface area contributed by atoms with Crippen molar-refractivity contribution in [1.29, 1.82) is 0 Å². The first-order chi connectivity index (χ1) is 14.0. The number of hydrogen-bond donors (Lipinski definition) is 1. The molecule has 0 saturated carbocycles. The fraction of sp³-hybridized carbons (Fsp3) is 0.174. The third-order valence-electron chi connectivity index (χ3n) is 5.23. The van der Waals surface area contributed by atoms with Crippen molar-refractivity contribution in [2.45, 2.75) is 25.4 Å². The molecule has 6 nitrogen and oxygen atoms in total. The molecule has 29 heavy (non-hydrogen) atoms. The Morgan fingerprint density at radius 3 is 2.52 bits per heavy atom. The summed E-state index contributed by atoms with van der Waals surface area (Å²) in [4.78, 5) is 25.7. The predicted molar refractivity (Wildman–Crippen MR) is 113 cm³/mol. The zero-order valence-electron chi connectivity index (χ0n) is 16.0. The molecule has 0 bridgehead atoms. The second kappa shape index (κ2) is 7.75. The van der Waals surface area contributed by atoms with Crippen molar-refractivity contribution in [3.05, 3.63) is 100 Å². The lowest BCUT2D eigenvalue weighted by molar-refractivity contribution is -0.384. The van der Waals surface area contributed by atoms with E-state index in [1.807, 2.05) is 61.5 Å². The molecule has 0 radical (unpaired) electrons. The lowest BCUT2D eigenvalue weighted by Gasteiger charge is -2.40. The lowest BCUT2D eigenvalue weighted by atomic mass is 9.90. The van der Waals surface area contributed by atoms with E-state index in [9.17, 15) is 14.9 Å². The fourth-order valence-corrected chi connectivity index (χ4v) is 3.89. The molecule has 0 spiro atoms. The van der Waals surface area contributed by atoms with E-state index in [0.717, 1.165) is 23.4 Å². The van der Waals surface area contributed by atoms with E-state index in [0.29, 0.717) is 5.56 Å². The van der Waals surface area contributed by atoms with Crippen LogP contribution >= 0.6 is 0 Å². The monoisotopic (exact) mass is 387 g/mol. The molecule has 0 unspecified atom stereocenters. The van der Waals surface area contributed by atoms with Gasteiger partial charge in [0.1, 0.15) is 0 Å². The number of non-ortho nitro benzene ring substituents is 1. The molecule has 1 amide bonds. The second-order valence-corrected chi connectivity index (χ2v) is 7.19. The molecule has 2 atom stereocenters. The number of fused-ring (bicyclic) bond motifs is 1. The number of para-hydroxylation sites is 2. The van der Waals surface area contributed by atoms with Gasteiger partial charge < -0.3 is 10.2 Å². The van der Waals surface area contributed by atoms with Crippen LogP contribution in [0.2, 0.25) is 0 Å². The zero-order chi connectivity index (χ0) is 20.4. The van der Waals surface area contributed by atoms with Gasteiger partial charge in [-0.3, -0.25) is 14.9 Å². The molecule has 0 fully saturated rings. The SMILES string of the molecule is C[C@@H]1C[C@@H](Nc2ccccc2)c2ccccc2N1C(=O)c1cccc([N+](=O)[O-])c1. The number of hydrogen-bond acceptors (Lipinski definition) is 4. The Labute approximate surface area is 168 Å². The molecule has 0 aromatic heterocycles. The maximum Gasteiger partial charge on any atom is 0.270 e.